The normalized spacial score (nSPS) is 32.6. The molecule has 1 N–H and O–H groups in total. The van der Waals surface area contributed by atoms with Gasteiger partial charge in [-0.05, 0) is 109 Å². The third kappa shape index (κ3) is 3.38. The van der Waals surface area contributed by atoms with Crippen LogP contribution >= 0.6 is 0 Å². The maximum Gasteiger partial charge on any atom is 0.0583 e. The van der Waals surface area contributed by atoms with Gasteiger partial charge in [0.2, 0.25) is 0 Å². The Hall–Kier alpha value is -1.08. The van der Waals surface area contributed by atoms with Crippen molar-refractivity contribution in [2.24, 2.45) is 23.2 Å². The Bertz CT molecular complexity index is 745. The minimum Gasteiger partial charge on any atom is -0.393 e. The van der Waals surface area contributed by atoms with Gasteiger partial charge in [-0.3, -0.25) is 0 Å². The molecule has 28 heavy (non-hydrogen) atoms. The van der Waals surface area contributed by atoms with Gasteiger partial charge in [0, 0.05) is 0 Å². The molecular formula is C27H40O. The van der Waals surface area contributed by atoms with Gasteiger partial charge in [-0.1, -0.05) is 52.0 Å². The Morgan fingerprint density at radius 1 is 1.14 bits per heavy atom. The monoisotopic (exact) mass is 380 g/mol. The van der Waals surface area contributed by atoms with Crippen molar-refractivity contribution in [3.63, 3.8) is 0 Å². The van der Waals surface area contributed by atoms with Crippen molar-refractivity contribution < 1.29 is 5.11 Å². The number of aliphatic hydroxyl groups excluding tert-OH is 1. The highest BCUT2D eigenvalue weighted by Gasteiger charge is 2.51. The summed E-state index contributed by atoms with van der Waals surface area (Å²) in [7, 11) is 0. The summed E-state index contributed by atoms with van der Waals surface area (Å²) in [4.78, 5) is 0. The molecule has 0 aromatic heterocycles. The van der Waals surface area contributed by atoms with E-state index in [1.165, 1.54) is 49.7 Å². The van der Waals surface area contributed by atoms with Crippen LogP contribution in [-0.2, 0) is 19.3 Å². The standard InChI is InChI=1S/C27H40O/c1-17(2)18(3)6-7-19(4)25-12-13-26-24-10-8-20-16-21(28)9-11-22(20)23(24)14-15-27(25,26)5/h8,10,17,19,21,25-26,28H,3,6-7,9,11-16H2,1-2,4-5H3/t19?,21-,25?,26?,27+/m0/s1. The third-order valence-electron chi connectivity index (χ3n) is 8.87. The number of hydrogen-bond donors (Lipinski definition) is 1. The average molecular weight is 381 g/mol. The number of allylic oxidation sites excluding steroid dienone is 1. The van der Waals surface area contributed by atoms with E-state index in [1.54, 1.807) is 16.7 Å². The van der Waals surface area contributed by atoms with E-state index < -0.39 is 0 Å². The first-order chi connectivity index (χ1) is 13.3. The van der Waals surface area contributed by atoms with E-state index in [4.69, 9.17) is 0 Å². The predicted molar refractivity (Wildman–Crippen MR) is 119 cm³/mol. The summed E-state index contributed by atoms with van der Waals surface area (Å²) >= 11 is 0. The van der Waals surface area contributed by atoms with Crippen molar-refractivity contribution in [1.29, 1.82) is 0 Å². The summed E-state index contributed by atoms with van der Waals surface area (Å²) in [5.41, 5.74) is 8.27. The van der Waals surface area contributed by atoms with E-state index in [9.17, 15) is 5.11 Å². The number of fused-ring (bicyclic) bond motifs is 5. The lowest BCUT2D eigenvalue weighted by atomic mass is 9.59. The lowest BCUT2D eigenvalue weighted by Gasteiger charge is -2.45. The van der Waals surface area contributed by atoms with E-state index >= 15 is 0 Å². The smallest absolute Gasteiger partial charge is 0.0583 e. The van der Waals surface area contributed by atoms with Gasteiger partial charge < -0.3 is 5.11 Å². The van der Waals surface area contributed by atoms with Crippen molar-refractivity contribution in [1.82, 2.24) is 0 Å². The highest BCUT2D eigenvalue weighted by atomic mass is 16.3. The van der Waals surface area contributed by atoms with Crippen LogP contribution in [0.5, 0.6) is 0 Å². The van der Waals surface area contributed by atoms with Gasteiger partial charge in [-0.25, -0.2) is 0 Å². The molecule has 0 radical (unpaired) electrons. The van der Waals surface area contributed by atoms with Crippen LogP contribution in [0.25, 0.3) is 0 Å². The molecule has 1 fully saturated rings. The SMILES string of the molecule is C=C(CCC(C)C1CCC2c3ccc4c(c3CC[C@@]21C)CC[C@H](O)C4)C(C)C. The Kier molecular flexibility index (Phi) is 5.51. The molecule has 3 aliphatic carbocycles. The van der Waals surface area contributed by atoms with Crippen LogP contribution in [0.3, 0.4) is 0 Å². The summed E-state index contributed by atoms with van der Waals surface area (Å²) in [5, 5.41) is 10.1. The molecule has 1 nitrogen and oxygen atoms in total. The van der Waals surface area contributed by atoms with Crippen LogP contribution in [-0.4, -0.2) is 11.2 Å². The van der Waals surface area contributed by atoms with Crippen LogP contribution in [0.15, 0.2) is 24.3 Å². The molecule has 1 saturated carbocycles. The second-order valence-electron chi connectivity index (χ2n) is 10.7. The van der Waals surface area contributed by atoms with Crippen LogP contribution in [0, 0.1) is 23.2 Å². The molecule has 0 amide bonds. The molecule has 0 spiro atoms. The first kappa shape index (κ1) is 20.2. The summed E-state index contributed by atoms with van der Waals surface area (Å²) in [6.07, 6.45) is 10.6. The number of benzene rings is 1. The Labute approximate surface area is 172 Å². The molecule has 154 valence electrons. The molecule has 0 bridgehead atoms. The lowest BCUT2D eigenvalue weighted by Crippen LogP contribution is -2.36. The molecule has 0 saturated heterocycles. The van der Waals surface area contributed by atoms with Gasteiger partial charge in [-0.15, -0.1) is 0 Å². The highest BCUT2D eigenvalue weighted by Crippen LogP contribution is 2.61. The average Bonchev–Trinajstić information content (AvgIpc) is 3.02. The number of aliphatic hydroxyl groups is 1. The molecule has 1 aromatic rings. The first-order valence-electron chi connectivity index (χ1n) is 11.8. The Balaban J connectivity index is 1.54. The maximum absolute atomic E-state index is 10.1. The molecule has 3 aliphatic rings. The van der Waals surface area contributed by atoms with E-state index in [-0.39, 0.29) is 6.10 Å². The van der Waals surface area contributed by atoms with E-state index in [2.05, 4.69) is 46.4 Å². The third-order valence-corrected chi connectivity index (χ3v) is 8.87. The maximum atomic E-state index is 10.1. The van der Waals surface area contributed by atoms with Crippen molar-refractivity contribution >= 4 is 0 Å². The second-order valence-corrected chi connectivity index (χ2v) is 10.7. The van der Waals surface area contributed by atoms with Crippen molar-refractivity contribution in [3.8, 4) is 0 Å². The largest absolute Gasteiger partial charge is 0.393 e. The summed E-state index contributed by atoms with van der Waals surface area (Å²) in [5.74, 6) is 3.00. The van der Waals surface area contributed by atoms with Crippen LogP contribution in [0.2, 0.25) is 0 Å². The highest BCUT2D eigenvalue weighted by molar-refractivity contribution is 5.47. The Morgan fingerprint density at radius 2 is 1.93 bits per heavy atom. The molecule has 1 heteroatoms. The number of hydrogen-bond acceptors (Lipinski definition) is 1. The first-order valence-corrected chi connectivity index (χ1v) is 11.8. The zero-order chi connectivity index (χ0) is 20.1. The summed E-state index contributed by atoms with van der Waals surface area (Å²) in [6.45, 7) is 14.0. The molecule has 5 atom stereocenters. The van der Waals surface area contributed by atoms with Crippen LogP contribution in [0.1, 0.15) is 94.4 Å². The lowest BCUT2D eigenvalue weighted by molar-refractivity contribution is 0.120. The van der Waals surface area contributed by atoms with E-state index in [0.29, 0.717) is 11.3 Å². The van der Waals surface area contributed by atoms with Gasteiger partial charge in [0.25, 0.3) is 0 Å². The van der Waals surface area contributed by atoms with E-state index in [0.717, 1.165) is 37.0 Å². The van der Waals surface area contributed by atoms with Crippen LogP contribution in [0.4, 0.5) is 0 Å². The zero-order valence-corrected chi connectivity index (χ0v) is 18.6. The zero-order valence-electron chi connectivity index (χ0n) is 18.6. The summed E-state index contributed by atoms with van der Waals surface area (Å²) < 4.78 is 0. The predicted octanol–water partition coefficient (Wildman–Crippen LogP) is 6.61. The topological polar surface area (TPSA) is 20.2 Å². The molecule has 4 rings (SSSR count). The van der Waals surface area contributed by atoms with Gasteiger partial charge in [0.05, 0.1) is 6.10 Å². The molecule has 1 aromatic carbocycles. The van der Waals surface area contributed by atoms with Crippen molar-refractivity contribution in [2.45, 2.75) is 97.5 Å². The second kappa shape index (κ2) is 7.63. The van der Waals surface area contributed by atoms with Gasteiger partial charge >= 0.3 is 0 Å². The fourth-order valence-corrected chi connectivity index (χ4v) is 6.92. The molecular weight excluding hydrogens is 340 g/mol. The van der Waals surface area contributed by atoms with Crippen molar-refractivity contribution in [3.05, 3.63) is 46.5 Å². The fourth-order valence-electron chi connectivity index (χ4n) is 6.92. The van der Waals surface area contributed by atoms with Gasteiger partial charge in [-0.2, -0.15) is 0 Å². The molecule has 3 unspecified atom stereocenters. The molecule has 0 aliphatic heterocycles. The minimum atomic E-state index is -0.128. The quantitative estimate of drug-likeness (QED) is 0.570. The minimum absolute atomic E-state index is 0.128. The van der Waals surface area contributed by atoms with Crippen LogP contribution < -0.4 is 0 Å². The van der Waals surface area contributed by atoms with Gasteiger partial charge in [0.15, 0.2) is 0 Å². The Morgan fingerprint density at radius 3 is 2.68 bits per heavy atom. The molecule has 0 heterocycles. The van der Waals surface area contributed by atoms with E-state index in [1.807, 2.05) is 0 Å². The van der Waals surface area contributed by atoms with Crippen molar-refractivity contribution in [2.75, 3.05) is 0 Å². The fraction of sp³-hybridized carbons (Fsp3) is 0.704. The summed E-state index contributed by atoms with van der Waals surface area (Å²) in [6, 6.07) is 4.80. The number of rotatable bonds is 5. The van der Waals surface area contributed by atoms with Gasteiger partial charge in [0.1, 0.15) is 0 Å².